The largest absolute Gasteiger partial charge is 0.397 e. The highest BCUT2D eigenvalue weighted by atomic mass is 16.3. The minimum absolute atomic E-state index is 0.252. The summed E-state index contributed by atoms with van der Waals surface area (Å²) in [5, 5.41) is 12.2. The lowest BCUT2D eigenvalue weighted by Crippen LogP contribution is -2.15. The summed E-state index contributed by atoms with van der Waals surface area (Å²) >= 11 is 0. The molecule has 0 spiro atoms. The number of rotatable bonds is 7. The van der Waals surface area contributed by atoms with Crippen LogP contribution >= 0.6 is 0 Å². The highest BCUT2D eigenvalue weighted by Gasteiger charge is 2.06. The van der Waals surface area contributed by atoms with Crippen molar-refractivity contribution < 1.29 is 5.11 Å². The molecule has 0 saturated carbocycles. The molecule has 0 radical (unpaired) electrons. The molecular formula is C12H21N3O. The van der Waals surface area contributed by atoms with Crippen LogP contribution in [0.5, 0.6) is 0 Å². The Hall–Kier alpha value is -1.29. The normalized spacial score (nSPS) is 12.4. The van der Waals surface area contributed by atoms with Gasteiger partial charge in [-0.05, 0) is 24.8 Å². The molecule has 1 heterocycles. The van der Waals surface area contributed by atoms with E-state index in [1.807, 2.05) is 6.07 Å². The van der Waals surface area contributed by atoms with Crippen molar-refractivity contribution in [1.82, 2.24) is 4.98 Å². The standard InChI is InChI=1S/C12H21N3O/c1-2-3-10(4-5-16)7-15-12-6-11(13)8-14-9-12/h6,8-10,15-16H,2-5,7,13H2,1H3. The molecule has 0 aliphatic rings. The van der Waals surface area contributed by atoms with Gasteiger partial charge >= 0.3 is 0 Å². The summed E-state index contributed by atoms with van der Waals surface area (Å²) in [4.78, 5) is 4.02. The van der Waals surface area contributed by atoms with Gasteiger partial charge in [0.15, 0.2) is 0 Å². The van der Waals surface area contributed by atoms with Gasteiger partial charge in [-0.3, -0.25) is 4.98 Å². The fourth-order valence-electron chi connectivity index (χ4n) is 1.76. The van der Waals surface area contributed by atoms with E-state index in [0.29, 0.717) is 11.6 Å². The van der Waals surface area contributed by atoms with Crippen LogP contribution < -0.4 is 11.1 Å². The molecule has 0 fully saturated rings. The van der Waals surface area contributed by atoms with E-state index in [1.165, 1.54) is 0 Å². The minimum atomic E-state index is 0.252. The number of nitrogens with zero attached hydrogens (tertiary/aromatic N) is 1. The van der Waals surface area contributed by atoms with E-state index in [1.54, 1.807) is 12.4 Å². The van der Waals surface area contributed by atoms with Crippen LogP contribution in [0.4, 0.5) is 11.4 Å². The Kier molecular flexibility index (Phi) is 5.64. The molecule has 0 saturated heterocycles. The first-order chi connectivity index (χ1) is 7.76. The molecule has 4 N–H and O–H groups in total. The summed E-state index contributed by atoms with van der Waals surface area (Å²) in [6.07, 6.45) is 6.50. The van der Waals surface area contributed by atoms with Crippen molar-refractivity contribution in [2.75, 3.05) is 24.2 Å². The summed E-state index contributed by atoms with van der Waals surface area (Å²) in [5.74, 6) is 0.511. The number of aliphatic hydroxyl groups excluding tert-OH is 1. The van der Waals surface area contributed by atoms with E-state index >= 15 is 0 Å². The summed E-state index contributed by atoms with van der Waals surface area (Å²) in [5.41, 5.74) is 7.25. The van der Waals surface area contributed by atoms with E-state index in [9.17, 15) is 0 Å². The van der Waals surface area contributed by atoms with Crippen molar-refractivity contribution in [3.05, 3.63) is 18.5 Å². The molecule has 1 unspecified atom stereocenters. The van der Waals surface area contributed by atoms with Gasteiger partial charge in [-0.25, -0.2) is 0 Å². The average molecular weight is 223 g/mol. The fraction of sp³-hybridized carbons (Fsp3) is 0.583. The van der Waals surface area contributed by atoms with Gasteiger partial charge in [0, 0.05) is 19.3 Å². The van der Waals surface area contributed by atoms with Gasteiger partial charge in [-0.2, -0.15) is 0 Å². The quantitative estimate of drug-likeness (QED) is 0.660. The number of nitrogens with two attached hydrogens (primary N) is 1. The predicted molar refractivity (Wildman–Crippen MR) is 67.2 cm³/mol. The molecule has 1 aromatic rings. The molecule has 0 aliphatic heterocycles. The van der Waals surface area contributed by atoms with Gasteiger partial charge in [0.25, 0.3) is 0 Å². The van der Waals surface area contributed by atoms with Crippen molar-refractivity contribution in [2.45, 2.75) is 26.2 Å². The summed E-state index contributed by atoms with van der Waals surface area (Å²) in [6.45, 7) is 3.27. The van der Waals surface area contributed by atoms with Crippen LogP contribution in [-0.2, 0) is 0 Å². The minimum Gasteiger partial charge on any atom is -0.397 e. The Morgan fingerprint density at radius 3 is 2.88 bits per heavy atom. The Morgan fingerprint density at radius 2 is 2.25 bits per heavy atom. The van der Waals surface area contributed by atoms with E-state index < -0.39 is 0 Å². The first kappa shape index (κ1) is 12.8. The van der Waals surface area contributed by atoms with Crippen molar-refractivity contribution >= 4 is 11.4 Å². The van der Waals surface area contributed by atoms with Crippen LogP contribution in [0.15, 0.2) is 18.5 Å². The van der Waals surface area contributed by atoms with Crippen LogP contribution in [-0.4, -0.2) is 23.2 Å². The van der Waals surface area contributed by atoms with Gasteiger partial charge in [-0.15, -0.1) is 0 Å². The lowest BCUT2D eigenvalue weighted by molar-refractivity contribution is 0.255. The summed E-state index contributed by atoms with van der Waals surface area (Å²) < 4.78 is 0. The molecule has 0 aromatic carbocycles. The zero-order chi connectivity index (χ0) is 11.8. The van der Waals surface area contributed by atoms with E-state index in [0.717, 1.165) is 31.5 Å². The van der Waals surface area contributed by atoms with Crippen LogP contribution in [0.2, 0.25) is 0 Å². The summed E-state index contributed by atoms with van der Waals surface area (Å²) in [6, 6.07) is 1.87. The molecule has 90 valence electrons. The topological polar surface area (TPSA) is 71.2 Å². The maximum Gasteiger partial charge on any atom is 0.0547 e. The van der Waals surface area contributed by atoms with E-state index in [2.05, 4.69) is 17.2 Å². The Morgan fingerprint density at radius 1 is 1.44 bits per heavy atom. The number of hydrogen-bond acceptors (Lipinski definition) is 4. The zero-order valence-corrected chi connectivity index (χ0v) is 9.82. The number of nitrogens with one attached hydrogen (secondary N) is 1. The second-order valence-corrected chi connectivity index (χ2v) is 4.05. The van der Waals surface area contributed by atoms with Gasteiger partial charge < -0.3 is 16.2 Å². The van der Waals surface area contributed by atoms with Crippen molar-refractivity contribution in [2.24, 2.45) is 5.92 Å². The molecule has 1 rings (SSSR count). The second kappa shape index (κ2) is 7.06. The Bertz CT molecular complexity index is 298. The van der Waals surface area contributed by atoms with Crippen molar-refractivity contribution in [3.63, 3.8) is 0 Å². The SMILES string of the molecule is CCCC(CCO)CNc1cncc(N)c1. The first-order valence-electron chi connectivity index (χ1n) is 5.81. The maximum atomic E-state index is 8.94. The summed E-state index contributed by atoms with van der Waals surface area (Å²) in [7, 11) is 0. The molecule has 16 heavy (non-hydrogen) atoms. The highest BCUT2D eigenvalue weighted by Crippen LogP contribution is 2.14. The number of pyridine rings is 1. The highest BCUT2D eigenvalue weighted by molar-refractivity contribution is 5.51. The number of anilines is 2. The Labute approximate surface area is 96.9 Å². The van der Waals surface area contributed by atoms with E-state index in [4.69, 9.17) is 10.8 Å². The zero-order valence-electron chi connectivity index (χ0n) is 9.82. The molecule has 0 bridgehead atoms. The lowest BCUT2D eigenvalue weighted by atomic mass is 10.0. The third-order valence-electron chi connectivity index (χ3n) is 2.59. The van der Waals surface area contributed by atoms with Crippen LogP contribution in [0, 0.1) is 5.92 Å². The Balaban J connectivity index is 2.41. The molecule has 1 atom stereocenters. The fourth-order valence-corrected chi connectivity index (χ4v) is 1.76. The van der Waals surface area contributed by atoms with Crippen molar-refractivity contribution in [1.29, 1.82) is 0 Å². The third-order valence-corrected chi connectivity index (χ3v) is 2.59. The van der Waals surface area contributed by atoms with E-state index in [-0.39, 0.29) is 6.61 Å². The monoisotopic (exact) mass is 223 g/mol. The number of nitrogen functional groups attached to an aromatic ring is 1. The number of aromatic nitrogens is 1. The smallest absolute Gasteiger partial charge is 0.0547 e. The molecule has 4 nitrogen and oxygen atoms in total. The van der Waals surface area contributed by atoms with Gasteiger partial charge in [0.1, 0.15) is 0 Å². The number of hydrogen-bond donors (Lipinski definition) is 3. The second-order valence-electron chi connectivity index (χ2n) is 4.05. The van der Waals surface area contributed by atoms with Crippen molar-refractivity contribution in [3.8, 4) is 0 Å². The third kappa shape index (κ3) is 4.49. The molecule has 4 heteroatoms. The predicted octanol–water partition coefficient (Wildman–Crippen LogP) is 1.87. The first-order valence-corrected chi connectivity index (χ1v) is 5.81. The van der Waals surface area contributed by atoms with Crippen LogP contribution in [0.25, 0.3) is 0 Å². The van der Waals surface area contributed by atoms with Gasteiger partial charge in [0.05, 0.1) is 17.6 Å². The average Bonchev–Trinajstić information content (AvgIpc) is 2.27. The van der Waals surface area contributed by atoms with Crippen LogP contribution in [0.3, 0.4) is 0 Å². The van der Waals surface area contributed by atoms with Gasteiger partial charge in [-0.1, -0.05) is 13.3 Å². The lowest BCUT2D eigenvalue weighted by Gasteiger charge is -2.16. The maximum absolute atomic E-state index is 8.94. The molecule has 0 aliphatic carbocycles. The molecular weight excluding hydrogens is 202 g/mol. The number of aliphatic hydroxyl groups is 1. The van der Waals surface area contributed by atoms with Crippen LogP contribution in [0.1, 0.15) is 26.2 Å². The molecule has 0 amide bonds. The molecule has 1 aromatic heterocycles. The van der Waals surface area contributed by atoms with Gasteiger partial charge in [0.2, 0.25) is 0 Å².